The Hall–Kier alpha value is -2.83. The van der Waals surface area contributed by atoms with Crippen molar-refractivity contribution in [3.05, 3.63) is 36.0 Å². The summed E-state index contributed by atoms with van der Waals surface area (Å²) in [5, 5.41) is 12.3. The molecule has 0 fully saturated rings. The van der Waals surface area contributed by atoms with Gasteiger partial charge in [0, 0.05) is 29.1 Å². The standard InChI is InChI=1S/C14H15N3O4/c15-12(18)4-3-11(14(20)21)17-13(19)9-1-2-10-8(7-9)5-6-16-10/h1-2,5-7,11,16H,3-4H2,(H2,15,18)(H,17,19)(H,20,21)/t11-/m0/s1. The molecule has 0 bridgehead atoms. The molecule has 110 valence electrons. The lowest BCUT2D eigenvalue weighted by atomic mass is 10.1. The molecule has 0 aliphatic heterocycles. The number of rotatable bonds is 6. The van der Waals surface area contributed by atoms with E-state index in [1.165, 1.54) is 0 Å². The van der Waals surface area contributed by atoms with Crippen LogP contribution in [0.15, 0.2) is 30.5 Å². The zero-order valence-electron chi connectivity index (χ0n) is 11.1. The van der Waals surface area contributed by atoms with Crippen LogP contribution in [0.4, 0.5) is 0 Å². The second-order valence-corrected chi connectivity index (χ2v) is 4.65. The third kappa shape index (κ3) is 3.59. The van der Waals surface area contributed by atoms with Crippen molar-refractivity contribution >= 4 is 28.7 Å². The molecule has 0 aliphatic carbocycles. The maximum atomic E-state index is 12.1. The maximum absolute atomic E-state index is 12.1. The number of aromatic amines is 1. The molecule has 0 spiro atoms. The van der Waals surface area contributed by atoms with Crippen LogP contribution >= 0.6 is 0 Å². The van der Waals surface area contributed by atoms with Crippen molar-refractivity contribution in [2.75, 3.05) is 0 Å². The van der Waals surface area contributed by atoms with Crippen molar-refractivity contribution in [2.45, 2.75) is 18.9 Å². The number of aliphatic carboxylic acids is 1. The highest BCUT2D eigenvalue weighted by molar-refractivity contribution is 5.99. The van der Waals surface area contributed by atoms with E-state index in [1.807, 2.05) is 6.07 Å². The van der Waals surface area contributed by atoms with Gasteiger partial charge in [-0.1, -0.05) is 0 Å². The van der Waals surface area contributed by atoms with E-state index in [2.05, 4.69) is 10.3 Å². The molecule has 1 aromatic heterocycles. The average molecular weight is 289 g/mol. The number of nitrogens with two attached hydrogens (primary N) is 1. The summed E-state index contributed by atoms with van der Waals surface area (Å²) in [5.74, 6) is -2.31. The lowest BCUT2D eigenvalue weighted by Gasteiger charge is -2.13. The van der Waals surface area contributed by atoms with Gasteiger partial charge in [-0.15, -0.1) is 0 Å². The topological polar surface area (TPSA) is 125 Å². The fraction of sp³-hybridized carbons (Fsp3) is 0.214. The summed E-state index contributed by atoms with van der Waals surface area (Å²) < 4.78 is 0. The van der Waals surface area contributed by atoms with Gasteiger partial charge in [-0.3, -0.25) is 9.59 Å². The minimum Gasteiger partial charge on any atom is -0.480 e. The largest absolute Gasteiger partial charge is 0.480 e. The van der Waals surface area contributed by atoms with E-state index in [0.29, 0.717) is 5.56 Å². The Kier molecular flexibility index (Phi) is 4.22. The van der Waals surface area contributed by atoms with Gasteiger partial charge >= 0.3 is 5.97 Å². The molecule has 5 N–H and O–H groups in total. The number of amides is 2. The Labute approximate surface area is 120 Å². The lowest BCUT2D eigenvalue weighted by molar-refractivity contribution is -0.139. The molecule has 2 rings (SSSR count). The van der Waals surface area contributed by atoms with Gasteiger partial charge in [-0.25, -0.2) is 4.79 Å². The highest BCUT2D eigenvalue weighted by Crippen LogP contribution is 2.14. The first-order chi connectivity index (χ1) is 9.97. The fourth-order valence-electron chi connectivity index (χ4n) is 1.98. The van der Waals surface area contributed by atoms with Crippen molar-refractivity contribution < 1.29 is 19.5 Å². The summed E-state index contributed by atoms with van der Waals surface area (Å²) in [5.41, 5.74) is 6.22. The van der Waals surface area contributed by atoms with Crippen LogP contribution < -0.4 is 11.1 Å². The van der Waals surface area contributed by atoms with Gasteiger partial charge in [0.05, 0.1) is 0 Å². The summed E-state index contributed by atoms with van der Waals surface area (Å²) in [6.45, 7) is 0. The van der Waals surface area contributed by atoms with Gasteiger partial charge < -0.3 is 21.1 Å². The van der Waals surface area contributed by atoms with Crippen LogP contribution in [0.3, 0.4) is 0 Å². The lowest BCUT2D eigenvalue weighted by Crippen LogP contribution is -2.41. The van der Waals surface area contributed by atoms with Gasteiger partial charge in [0.2, 0.25) is 5.91 Å². The third-order valence-corrected chi connectivity index (χ3v) is 3.10. The summed E-state index contributed by atoms with van der Waals surface area (Å²) in [4.78, 5) is 36.9. The van der Waals surface area contributed by atoms with E-state index in [0.717, 1.165) is 10.9 Å². The minimum atomic E-state index is -1.20. The molecule has 0 aliphatic rings. The molecule has 0 unspecified atom stereocenters. The van der Waals surface area contributed by atoms with E-state index in [1.54, 1.807) is 24.4 Å². The predicted molar refractivity (Wildman–Crippen MR) is 75.6 cm³/mol. The second-order valence-electron chi connectivity index (χ2n) is 4.65. The molecule has 0 radical (unpaired) electrons. The number of carboxylic acid groups (broad SMARTS) is 1. The van der Waals surface area contributed by atoms with Gasteiger partial charge in [-0.05, 0) is 30.7 Å². The number of carbonyl (C=O) groups excluding carboxylic acids is 2. The maximum Gasteiger partial charge on any atom is 0.326 e. The smallest absolute Gasteiger partial charge is 0.326 e. The molecule has 1 aromatic carbocycles. The third-order valence-electron chi connectivity index (χ3n) is 3.10. The first-order valence-electron chi connectivity index (χ1n) is 6.36. The van der Waals surface area contributed by atoms with Gasteiger partial charge in [0.1, 0.15) is 6.04 Å². The van der Waals surface area contributed by atoms with Gasteiger partial charge in [-0.2, -0.15) is 0 Å². The predicted octanol–water partition coefficient (Wildman–Crippen LogP) is 0.616. The van der Waals surface area contributed by atoms with Gasteiger partial charge in [0.25, 0.3) is 5.91 Å². The Morgan fingerprint density at radius 2 is 2.05 bits per heavy atom. The molecular weight excluding hydrogens is 274 g/mol. The monoisotopic (exact) mass is 289 g/mol. The molecule has 7 heteroatoms. The van der Waals surface area contributed by atoms with Crippen molar-refractivity contribution in [1.29, 1.82) is 0 Å². The first-order valence-corrected chi connectivity index (χ1v) is 6.36. The summed E-state index contributed by atoms with van der Waals surface area (Å²) in [6, 6.07) is 5.67. The van der Waals surface area contributed by atoms with Crippen molar-refractivity contribution in [3.8, 4) is 0 Å². The SMILES string of the molecule is NC(=O)CC[C@H](NC(=O)c1ccc2[nH]ccc2c1)C(=O)O. The van der Waals surface area contributed by atoms with E-state index in [9.17, 15) is 14.4 Å². The van der Waals surface area contributed by atoms with Crippen LogP contribution in [0.5, 0.6) is 0 Å². The molecule has 1 heterocycles. The number of carbonyl (C=O) groups is 3. The molecule has 0 saturated heterocycles. The molecule has 7 nitrogen and oxygen atoms in total. The van der Waals surface area contributed by atoms with E-state index in [-0.39, 0.29) is 12.8 Å². The number of fused-ring (bicyclic) bond motifs is 1. The van der Waals surface area contributed by atoms with E-state index >= 15 is 0 Å². The number of H-pyrrole nitrogens is 1. The Morgan fingerprint density at radius 1 is 1.29 bits per heavy atom. The first kappa shape index (κ1) is 14.6. The second kappa shape index (κ2) is 6.08. The van der Waals surface area contributed by atoms with Gasteiger partial charge in [0.15, 0.2) is 0 Å². The van der Waals surface area contributed by atoms with Crippen molar-refractivity contribution in [2.24, 2.45) is 5.73 Å². The van der Waals surface area contributed by atoms with Crippen LogP contribution in [0.1, 0.15) is 23.2 Å². The normalized spacial score (nSPS) is 12.0. The van der Waals surface area contributed by atoms with Crippen molar-refractivity contribution in [3.63, 3.8) is 0 Å². The Bertz CT molecular complexity index is 692. The van der Waals surface area contributed by atoms with E-state index < -0.39 is 23.8 Å². The molecule has 1 atom stereocenters. The Morgan fingerprint density at radius 3 is 2.71 bits per heavy atom. The quantitative estimate of drug-likeness (QED) is 0.621. The van der Waals surface area contributed by atoms with Crippen LogP contribution in [-0.2, 0) is 9.59 Å². The number of benzene rings is 1. The average Bonchev–Trinajstić information content (AvgIpc) is 2.89. The van der Waals surface area contributed by atoms with Crippen LogP contribution in [0, 0.1) is 0 Å². The fourth-order valence-corrected chi connectivity index (χ4v) is 1.98. The number of hydrogen-bond donors (Lipinski definition) is 4. The number of hydrogen-bond acceptors (Lipinski definition) is 3. The number of carboxylic acids is 1. The number of aromatic nitrogens is 1. The zero-order valence-corrected chi connectivity index (χ0v) is 11.1. The van der Waals surface area contributed by atoms with E-state index in [4.69, 9.17) is 10.8 Å². The van der Waals surface area contributed by atoms with Crippen LogP contribution in [-0.4, -0.2) is 33.9 Å². The molecule has 2 aromatic rings. The van der Waals surface area contributed by atoms with Crippen LogP contribution in [0.2, 0.25) is 0 Å². The van der Waals surface area contributed by atoms with Crippen molar-refractivity contribution in [1.82, 2.24) is 10.3 Å². The molecule has 21 heavy (non-hydrogen) atoms. The highest BCUT2D eigenvalue weighted by Gasteiger charge is 2.21. The molecule has 2 amide bonds. The Balaban J connectivity index is 2.10. The minimum absolute atomic E-state index is 0.0389. The number of primary amides is 1. The van der Waals surface area contributed by atoms with Crippen LogP contribution in [0.25, 0.3) is 10.9 Å². The summed E-state index contributed by atoms with van der Waals surface area (Å²) >= 11 is 0. The summed E-state index contributed by atoms with van der Waals surface area (Å²) in [6.07, 6.45) is 1.61. The molecular formula is C14H15N3O4. The number of nitrogens with one attached hydrogen (secondary N) is 2. The molecule has 0 saturated carbocycles. The summed E-state index contributed by atoms with van der Waals surface area (Å²) in [7, 11) is 0. The zero-order chi connectivity index (χ0) is 15.4. The highest BCUT2D eigenvalue weighted by atomic mass is 16.4.